The van der Waals surface area contributed by atoms with Crippen molar-refractivity contribution in [2.24, 2.45) is 0 Å². The van der Waals surface area contributed by atoms with E-state index in [-0.39, 0.29) is 29.4 Å². The number of aromatic nitrogens is 2. The molecule has 9 heteroatoms. The van der Waals surface area contributed by atoms with Crippen LogP contribution in [0.3, 0.4) is 0 Å². The van der Waals surface area contributed by atoms with Crippen molar-refractivity contribution in [2.45, 2.75) is 19.8 Å². The molecule has 0 aromatic carbocycles. The standard InChI is InChI=1S/C12H17ClN6O2/c1-3-8(15)21-9(16)4-5-17-10-7(6-14)18-12(13)19-11(10)20-2/h6,14-17H,3-5H2,1-2H3. The normalized spacial score (nSPS) is 9.86. The second kappa shape index (κ2) is 8.15. The van der Waals surface area contributed by atoms with Gasteiger partial charge in [0.05, 0.1) is 7.11 Å². The summed E-state index contributed by atoms with van der Waals surface area (Å²) < 4.78 is 10.1. The second-order valence-corrected chi connectivity index (χ2v) is 4.22. The van der Waals surface area contributed by atoms with E-state index in [4.69, 9.17) is 37.3 Å². The van der Waals surface area contributed by atoms with Crippen LogP contribution in [0.5, 0.6) is 5.88 Å². The molecule has 0 aliphatic heterocycles. The molecule has 1 aromatic rings. The average molecular weight is 313 g/mol. The van der Waals surface area contributed by atoms with E-state index in [1.54, 1.807) is 6.92 Å². The monoisotopic (exact) mass is 312 g/mol. The largest absolute Gasteiger partial charge is 0.479 e. The van der Waals surface area contributed by atoms with Gasteiger partial charge in [-0.3, -0.25) is 10.8 Å². The average Bonchev–Trinajstić information content (AvgIpc) is 2.47. The summed E-state index contributed by atoms with van der Waals surface area (Å²) in [5.41, 5.74) is 0.718. The molecule has 0 saturated heterocycles. The zero-order valence-electron chi connectivity index (χ0n) is 11.8. The van der Waals surface area contributed by atoms with Gasteiger partial charge in [-0.05, 0) is 11.6 Å². The molecule has 0 aliphatic rings. The van der Waals surface area contributed by atoms with Gasteiger partial charge >= 0.3 is 0 Å². The quantitative estimate of drug-likeness (QED) is 0.349. The Bertz CT molecular complexity index is 549. The molecule has 0 saturated carbocycles. The number of anilines is 1. The van der Waals surface area contributed by atoms with Crippen molar-refractivity contribution < 1.29 is 9.47 Å². The SMILES string of the molecule is CCC(=N)OC(=N)CCNc1c(C=N)nc(Cl)nc1OC. The van der Waals surface area contributed by atoms with Crippen LogP contribution >= 0.6 is 11.6 Å². The van der Waals surface area contributed by atoms with Gasteiger partial charge in [0.15, 0.2) is 11.8 Å². The number of methoxy groups -OCH3 is 1. The maximum Gasteiger partial charge on any atom is 0.242 e. The van der Waals surface area contributed by atoms with Crippen LogP contribution in [-0.2, 0) is 4.74 Å². The van der Waals surface area contributed by atoms with Gasteiger partial charge in [-0.25, -0.2) is 4.98 Å². The molecule has 1 rings (SSSR count). The number of halogens is 1. The number of rotatable bonds is 7. The molecule has 0 unspecified atom stereocenters. The lowest BCUT2D eigenvalue weighted by atomic mass is 10.3. The summed E-state index contributed by atoms with van der Waals surface area (Å²) in [6.07, 6.45) is 1.74. The Hall–Kier alpha value is -2.22. The lowest BCUT2D eigenvalue weighted by molar-refractivity contribution is 0.398. The van der Waals surface area contributed by atoms with Crippen LogP contribution in [-0.4, -0.2) is 41.6 Å². The molecule has 21 heavy (non-hydrogen) atoms. The van der Waals surface area contributed by atoms with Gasteiger partial charge in [0.1, 0.15) is 11.4 Å². The summed E-state index contributed by atoms with van der Waals surface area (Å²) in [7, 11) is 1.44. The van der Waals surface area contributed by atoms with Crippen LogP contribution in [0.4, 0.5) is 5.69 Å². The van der Waals surface area contributed by atoms with E-state index in [1.807, 2.05) is 0 Å². The predicted octanol–water partition coefficient (Wildman–Crippen LogP) is 2.32. The Morgan fingerprint density at radius 2 is 2.05 bits per heavy atom. The minimum atomic E-state index is -0.0143. The third kappa shape index (κ3) is 4.99. The van der Waals surface area contributed by atoms with Gasteiger partial charge in [-0.2, -0.15) is 4.98 Å². The molecule has 0 radical (unpaired) electrons. The van der Waals surface area contributed by atoms with Crippen molar-refractivity contribution >= 4 is 35.3 Å². The number of hydrogen-bond donors (Lipinski definition) is 4. The van der Waals surface area contributed by atoms with E-state index in [0.29, 0.717) is 24.3 Å². The van der Waals surface area contributed by atoms with Crippen molar-refractivity contribution in [1.82, 2.24) is 9.97 Å². The third-order valence-electron chi connectivity index (χ3n) is 2.43. The summed E-state index contributed by atoms with van der Waals surface area (Å²) in [6, 6.07) is 0. The molecular formula is C12H17ClN6O2. The van der Waals surface area contributed by atoms with Gasteiger partial charge in [-0.1, -0.05) is 6.92 Å². The van der Waals surface area contributed by atoms with Crippen LogP contribution in [0.2, 0.25) is 5.28 Å². The highest BCUT2D eigenvalue weighted by molar-refractivity contribution is 6.28. The highest BCUT2D eigenvalue weighted by Gasteiger charge is 2.13. The Morgan fingerprint density at radius 1 is 1.33 bits per heavy atom. The fourth-order valence-electron chi connectivity index (χ4n) is 1.42. The summed E-state index contributed by atoms with van der Waals surface area (Å²) in [5, 5.41) is 25.2. The lowest BCUT2D eigenvalue weighted by Crippen LogP contribution is -2.15. The van der Waals surface area contributed by atoms with Crippen LogP contribution in [0.15, 0.2) is 0 Å². The maximum atomic E-state index is 7.59. The van der Waals surface area contributed by atoms with Crippen molar-refractivity contribution in [3.05, 3.63) is 11.0 Å². The fourth-order valence-corrected chi connectivity index (χ4v) is 1.59. The highest BCUT2D eigenvalue weighted by atomic mass is 35.5. The maximum absolute atomic E-state index is 7.59. The molecular weight excluding hydrogens is 296 g/mol. The third-order valence-corrected chi connectivity index (χ3v) is 2.60. The number of nitrogens with one attached hydrogen (secondary N) is 4. The van der Waals surface area contributed by atoms with Crippen LogP contribution in [0, 0.1) is 16.2 Å². The van der Waals surface area contributed by atoms with Crippen molar-refractivity contribution in [3.8, 4) is 5.88 Å². The van der Waals surface area contributed by atoms with Crippen LogP contribution in [0.25, 0.3) is 0 Å². The van der Waals surface area contributed by atoms with E-state index in [0.717, 1.165) is 6.21 Å². The first kappa shape index (κ1) is 16.8. The second-order valence-electron chi connectivity index (χ2n) is 3.89. The molecule has 0 fully saturated rings. The first-order valence-corrected chi connectivity index (χ1v) is 6.58. The zero-order valence-corrected chi connectivity index (χ0v) is 12.5. The first-order valence-electron chi connectivity index (χ1n) is 6.20. The Balaban J connectivity index is 2.69. The van der Waals surface area contributed by atoms with Gasteiger partial charge in [0.2, 0.25) is 11.2 Å². The summed E-state index contributed by atoms with van der Waals surface area (Å²) >= 11 is 5.73. The van der Waals surface area contributed by atoms with Gasteiger partial charge < -0.3 is 20.2 Å². The molecule has 4 N–H and O–H groups in total. The molecule has 0 bridgehead atoms. The van der Waals surface area contributed by atoms with Gasteiger partial charge in [0.25, 0.3) is 0 Å². The van der Waals surface area contributed by atoms with Crippen molar-refractivity contribution in [1.29, 1.82) is 16.2 Å². The fraction of sp³-hybridized carbons (Fsp3) is 0.417. The molecule has 0 aliphatic carbocycles. The van der Waals surface area contributed by atoms with E-state index >= 15 is 0 Å². The van der Waals surface area contributed by atoms with E-state index in [2.05, 4.69) is 15.3 Å². The predicted molar refractivity (Wildman–Crippen MR) is 81.4 cm³/mol. The molecule has 114 valence electrons. The summed E-state index contributed by atoms with van der Waals surface area (Å²) in [5.74, 6) is 0.259. The van der Waals surface area contributed by atoms with Gasteiger partial charge in [-0.15, -0.1) is 0 Å². The van der Waals surface area contributed by atoms with Crippen molar-refractivity contribution in [3.63, 3.8) is 0 Å². The highest BCUT2D eigenvalue weighted by Crippen LogP contribution is 2.25. The lowest BCUT2D eigenvalue weighted by Gasteiger charge is -2.13. The number of nitrogens with zero attached hydrogens (tertiary/aromatic N) is 2. The first-order chi connectivity index (χ1) is 10.0. The number of hydrogen-bond acceptors (Lipinski definition) is 8. The summed E-state index contributed by atoms with van der Waals surface area (Å²) in [6.45, 7) is 2.12. The van der Waals surface area contributed by atoms with Gasteiger partial charge in [0, 0.05) is 25.6 Å². The zero-order chi connectivity index (χ0) is 15.8. The topological polar surface area (TPSA) is 128 Å². The molecule has 0 spiro atoms. The van der Waals surface area contributed by atoms with Crippen LogP contribution < -0.4 is 10.1 Å². The molecule has 1 heterocycles. The molecule has 8 nitrogen and oxygen atoms in total. The minimum absolute atomic E-state index is 0.0108. The van der Waals surface area contributed by atoms with E-state index < -0.39 is 0 Å². The number of ether oxygens (including phenoxy) is 2. The molecule has 0 amide bonds. The van der Waals surface area contributed by atoms with Crippen LogP contribution in [0.1, 0.15) is 25.5 Å². The Morgan fingerprint density at radius 3 is 2.62 bits per heavy atom. The van der Waals surface area contributed by atoms with Crippen molar-refractivity contribution in [2.75, 3.05) is 19.0 Å². The van der Waals surface area contributed by atoms with E-state index in [9.17, 15) is 0 Å². The molecule has 1 aromatic heterocycles. The minimum Gasteiger partial charge on any atom is -0.479 e. The van der Waals surface area contributed by atoms with E-state index in [1.165, 1.54) is 7.11 Å². The Labute approximate surface area is 127 Å². The smallest absolute Gasteiger partial charge is 0.242 e. The summed E-state index contributed by atoms with van der Waals surface area (Å²) in [4.78, 5) is 7.82. The molecule has 0 atom stereocenters. The Kier molecular flexibility index (Phi) is 6.54.